The fourth-order valence-corrected chi connectivity index (χ4v) is 1.19. The zero-order valence-electron chi connectivity index (χ0n) is 8.54. The second-order valence-electron chi connectivity index (χ2n) is 3.21. The molecule has 1 aromatic rings. The maximum Gasteiger partial charge on any atom is 0.340 e. The van der Waals surface area contributed by atoms with Crippen LogP contribution in [0.1, 0.15) is 12.2 Å². The molecule has 0 aliphatic rings. The maximum absolute atomic E-state index is 10.7. The van der Waals surface area contributed by atoms with Crippen LogP contribution in [0.3, 0.4) is 0 Å². The smallest absolute Gasteiger partial charge is 0.340 e. The number of ether oxygens (including phenoxy) is 1. The second-order valence-corrected chi connectivity index (χ2v) is 3.21. The Morgan fingerprint density at radius 3 is 2.93 bits per heavy atom. The first-order valence-electron chi connectivity index (χ1n) is 4.53. The summed E-state index contributed by atoms with van der Waals surface area (Å²) in [5, 5.41) is 6.15. The summed E-state index contributed by atoms with van der Waals surface area (Å²) >= 11 is 0. The number of methoxy groups -OCH3 is 1. The van der Waals surface area contributed by atoms with Gasteiger partial charge in [0.15, 0.2) is 0 Å². The molecule has 0 amide bonds. The van der Waals surface area contributed by atoms with Gasteiger partial charge in [-0.15, -0.1) is 0 Å². The molecule has 0 saturated heterocycles. The van der Waals surface area contributed by atoms with Crippen molar-refractivity contribution in [3.63, 3.8) is 0 Å². The molecule has 1 heterocycles. The largest absolute Gasteiger partial charge is 0.385 e. The van der Waals surface area contributed by atoms with Crippen LogP contribution < -0.4 is 5.69 Å². The summed E-state index contributed by atoms with van der Waals surface area (Å²) in [7, 11) is 3.66. The highest BCUT2D eigenvalue weighted by atomic mass is 16.5. The van der Waals surface area contributed by atoms with Crippen LogP contribution in [-0.4, -0.2) is 47.4 Å². The molecule has 0 radical (unpaired) electrons. The Morgan fingerprint density at radius 2 is 2.36 bits per heavy atom. The summed E-state index contributed by atoms with van der Waals surface area (Å²) in [6.07, 6.45) is 0.974. The average Bonchev–Trinajstić information content (AvgIpc) is 2.52. The number of aromatic amines is 2. The molecule has 0 saturated carbocycles. The molecule has 0 spiro atoms. The summed E-state index contributed by atoms with van der Waals surface area (Å²) in [4.78, 5) is 15.4. The molecule has 6 nitrogen and oxygen atoms in total. The van der Waals surface area contributed by atoms with Crippen LogP contribution in [0.5, 0.6) is 0 Å². The van der Waals surface area contributed by atoms with E-state index in [4.69, 9.17) is 4.74 Å². The standard InChI is InChI=1S/C8H16N4O2/c1-12(4-3-5-14-2)6-7-9-8(13)11-10-7/h3-6H2,1-2H3,(H2,9,10,11,13). The summed E-state index contributed by atoms with van der Waals surface area (Å²) in [6, 6.07) is 0. The zero-order valence-corrected chi connectivity index (χ0v) is 8.54. The van der Waals surface area contributed by atoms with Crippen molar-refractivity contribution < 1.29 is 4.74 Å². The first-order valence-corrected chi connectivity index (χ1v) is 4.53. The molecule has 0 aromatic carbocycles. The molecule has 0 aliphatic heterocycles. The highest BCUT2D eigenvalue weighted by Crippen LogP contribution is 1.94. The number of hydrogen-bond acceptors (Lipinski definition) is 4. The highest BCUT2D eigenvalue weighted by Gasteiger charge is 2.02. The number of rotatable bonds is 6. The molecular formula is C8H16N4O2. The Kier molecular flexibility index (Phi) is 4.34. The Bertz CT molecular complexity index is 306. The van der Waals surface area contributed by atoms with Crippen LogP contribution >= 0.6 is 0 Å². The topological polar surface area (TPSA) is 74.0 Å². The van der Waals surface area contributed by atoms with Crippen molar-refractivity contribution in [3.05, 3.63) is 16.3 Å². The maximum atomic E-state index is 10.7. The van der Waals surface area contributed by atoms with E-state index in [1.807, 2.05) is 7.05 Å². The lowest BCUT2D eigenvalue weighted by Crippen LogP contribution is -2.21. The monoisotopic (exact) mass is 200 g/mol. The third kappa shape index (κ3) is 3.71. The van der Waals surface area contributed by atoms with Crippen molar-refractivity contribution >= 4 is 0 Å². The molecule has 0 aliphatic carbocycles. The molecule has 1 aromatic heterocycles. The summed E-state index contributed by atoms with van der Waals surface area (Å²) < 4.78 is 4.94. The van der Waals surface area contributed by atoms with Crippen molar-refractivity contribution in [3.8, 4) is 0 Å². The van der Waals surface area contributed by atoms with Gasteiger partial charge in [-0.2, -0.15) is 5.10 Å². The van der Waals surface area contributed by atoms with Gasteiger partial charge >= 0.3 is 5.69 Å². The van der Waals surface area contributed by atoms with Gasteiger partial charge in [-0.1, -0.05) is 0 Å². The van der Waals surface area contributed by atoms with Crippen LogP contribution in [0.25, 0.3) is 0 Å². The van der Waals surface area contributed by atoms with E-state index in [-0.39, 0.29) is 5.69 Å². The molecule has 0 bridgehead atoms. The summed E-state index contributed by atoms with van der Waals surface area (Å²) in [6.45, 7) is 2.31. The first kappa shape index (κ1) is 10.9. The molecule has 0 atom stereocenters. The lowest BCUT2D eigenvalue weighted by Gasteiger charge is -2.13. The van der Waals surface area contributed by atoms with Crippen LogP contribution in [0.15, 0.2) is 4.79 Å². The lowest BCUT2D eigenvalue weighted by molar-refractivity contribution is 0.177. The summed E-state index contributed by atoms with van der Waals surface area (Å²) in [5.41, 5.74) is -0.259. The molecular weight excluding hydrogens is 184 g/mol. The molecule has 6 heteroatoms. The van der Waals surface area contributed by atoms with Gasteiger partial charge in [0.25, 0.3) is 0 Å². The number of aromatic nitrogens is 3. The van der Waals surface area contributed by atoms with E-state index in [0.717, 1.165) is 19.6 Å². The van der Waals surface area contributed by atoms with Gasteiger partial charge < -0.3 is 4.74 Å². The van der Waals surface area contributed by atoms with E-state index >= 15 is 0 Å². The molecule has 80 valence electrons. The van der Waals surface area contributed by atoms with E-state index in [9.17, 15) is 4.79 Å². The predicted molar refractivity (Wildman–Crippen MR) is 52.0 cm³/mol. The van der Waals surface area contributed by atoms with E-state index in [0.29, 0.717) is 12.4 Å². The van der Waals surface area contributed by atoms with E-state index in [1.54, 1.807) is 7.11 Å². The van der Waals surface area contributed by atoms with Gasteiger partial charge in [-0.3, -0.25) is 9.88 Å². The van der Waals surface area contributed by atoms with Gasteiger partial charge in [0.1, 0.15) is 5.82 Å². The predicted octanol–water partition coefficient (Wildman–Crippen LogP) is -0.434. The SMILES string of the molecule is COCCCN(C)Cc1n[nH]c(=O)[nH]1. The lowest BCUT2D eigenvalue weighted by atomic mass is 10.4. The van der Waals surface area contributed by atoms with Crippen molar-refractivity contribution in [2.24, 2.45) is 0 Å². The van der Waals surface area contributed by atoms with Crippen molar-refractivity contribution in [1.29, 1.82) is 0 Å². The van der Waals surface area contributed by atoms with Crippen molar-refractivity contribution in [2.45, 2.75) is 13.0 Å². The zero-order chi connectivity index (χ0) is 10.4. The molecule has 14 heavy (non-hydrogen) atoms. The van der Waals surface area contributed by atoms with E-state index in [1.165, 1.54) is 0 Å². The number of H-pyrrole nitrogens is 2. The normalized spacial score (nSPS) is 11.1. The Labute approximate surface area is 82.3 Å². The third-order valence-corrected chi connectivity index (χ3v) is 1.86. The number of hydrogen-bond donors (Lipinski definition) is 2. The van der Waals surface area contributed by atoms with E-state index in [2.05, 4.69) is 20.1 Å². The van der Waals surface area contributed by atoms with Gasteiger partial charge in [0.2, 0.25) is 0 Å². The van der Waals surface area contributed by atoms with Crippen LogP contribution in [-0.2, 0) is 11.3 Å². The van der Waals surface area contributed by atoms with E-state index < -0.39 is 0 Å². The van der Waals surface area contributed by atoms with Gasteiger partial charge in [-0.05, 0) is 13.5 Å². The minimum atomic E-state index is -0.259. The third-order valence-electron chi connectivity index (χ3n) is 1.86. The van der Waals surface area contributed by atoms with Crippen LogP contribution in [0.2, 0.25) is 0 Å². The number of nitrogens with zero attached hydrogens (tertiary/aromatic N) is 2. The van der Waals surface area contributed by atoms with Crippen molar-refractivity contribution in [1.82, 2.24) is 20.1 Å². The summed E-state index contributed by atoms with van der Waals surface area (Å²) in [5.74, 6) is 0.662. The molecule has 0 unspecified atom stereocenters. The van der Waals surface area contributed by atoms with Crippen LogP contribution in [0.4, 0.5) is 0 Å². The minimum Gasteiger partial charge on any atom is -0.385 e. The van der Waals surface area contributed by atoms with Crippen molar-refractivity contribution in [2.75, 3.05) is 27.3 Å². The first-order chi connectivity index (χ1) is 6.72. The van der Waals surface area contributed by atoms with Gasteiger partial charge in [0, 0.05) is 20.3 Å². The average molecular weight is 200 g/mol. The Hall–Kier alpha value is -1.14. The van der Waals surface area contributed by atoms with Crippen LogP contribution in [0, 0.1) is 0 Å². The molecule has 2 N–H and O–H groups in total. The fourth-order valence-electron chi connectivity index (χ4n) is 1.19. The Balaban J connectivity index is 2.26. The van der Waals surface area contributed by atoms with Gasteiger partial charge in [0.05, 0.1) is 6.54 Å². The highest BCUT2D eigenvalue weighted by molar-refractivity contribution is 4.79. The minimum absolute atomic E-state index is 0.259. The van der Waals surface area contributed by atoms with Gasteiger partial charge in [-0.25, -0.2) is 9.89 Å². The molecule has 1 rings (SSSR count). The fraction of sp³-hybridized carbons (Fsp3) is 0.750. The second kappa shape index (κ2) is 5.56. The quantitative estimate of drug-likeness (QED) is 0.611. The number of nitrogens with one attached hydrogen (secondary N) is 2. The Morgan fingerprint density at radius 1 is 1.57 bits per heavy atom. The molecule has 0 fully saturated rings.